The van der Waals surface area contributed by atoms with Crippen molar-refractivity contribution in [1.82, 2.24) is 0 Å². The van der Waals surface area contributed by atoms with Gasteiger partial charge in [0.25, 0.3) is 5.91 Å². The number of carbonyl (C=O) groups is 1. The van der Waals surface area contributed by atoms with Crippen LogP contribution in [0.2, 0.25) is 0 Å². The molecule has 21 heavy (non-hydrogen) atoms. The first-order valence-corrected chi connectivity index (χ1v) is 7.00. The van der Waals surface area contributed by atoms with Gasteiger partial charge in [0.15, 0.2) is 0 Å². The van der Waals surface area contributed by atoms with Gasteiger partial charge in [-0.15, -0.1) is 0 Å². The molecule has 0 saturated carbocycles. The standard InChI is InChI=1S/C17H17NO3/c1-11-7-8-13(10-15(11)20)17(21)18-9-3-5-12-4-2-6-14(19)16(12)18/h2,4,6-8,10,19-20H,3,5,9H2,1H3. The molecule has 1 heterocycles. The van der Waals surface area contributed by atoms with E-state index in [1.165, 1.54) is 6.07 Å². The number of aromatic hydroxyl groups is 2. The van der Waals surface area contributed by atoms with Crippen LogP contribution in [0.1, 0.15) is 27.9 Å². The lowest BCUT2D eigenvalue weighted by Gasteiger charge is -2.30. The molecule has 2 N–H and O–H groups in total. The summed E-state index contributed by atoms with van der Waals surface area (Å²) in [7, 11) is 0. The van der Waals surface area contributed by atoms with Gasteiger partial charge in [0.2, 0.25) is 0 Å². The Kier molecular flexibility index (Phi) is 3.29. The number of phenols is 2. The third-order valence-electron chi connectivity index (χ3n) is 3.90. The molecule has 0 bridgehead atoms. The first kappa shape index (κ1) is 13.5. The Bertz CT molecular complexity index is 709. The summed E-state index contributed by atoms with van der Waals surface area (Å²) >= 11 is 0. The fraction of sp³-hybridized carbons (Fsp3) is 0.235. The number of amides is 1. The SMILES string of the molecule is Cc1ccc(C(=O)N2CCCc3cccc(O)c32)cc1O. The predicted octanol–water partition coefficient (Wildman–Crippen LogP) is 3.00. The number of aryl methyl sites for hydroxylation is 2. The maximum Gasteiger partial charge on any atom is 0.258 e. The normalized spacial score (nSPS) is 13.9. The van der Waals surface area contributed by atoms with E-state index in [0.29, 0.717) is 17.8 Å². The minimum atomic E-state index is -0.201. The monoisotopic (exact) mass is 283 g/mol. The number of anilines is 1. The number of hydrogen-bond donors (Lipinski definition) is 2. The van der Waals surface area contributed by atoms with Crippen molar-refractivity contribution in [3.8, 4) is 11.5 Å². The average molecular weight is 283 g/mol. The van der Waals surface area contributed by atoms with E-state index in [9.17, 15) is 15.0 Å². The molecular weight excluding hydrogens is 266 g/mol. The maximum absolute atomic E-state index is 12.7. The molecule has 2 aromatic rings. The van der Waals surface area contributed by atoms with Crippen LogP contribution < -0.4 is 4.90 Å². The van der Waals surface area contributed by atoms with Crippen LogP contribution in [0, 0.1) is 6.92 Å². The molecular formula is C17H17NO3. The summed E-state index contributed by atoms with van der Waals surface area (Å²) in [5.74, 6) is 0.0278. The van der Waals surface area contributed by atoms with E-state index in [2.05, 4.69) is 0 Å². The second-order valence-corrected chi connectivity index (χ2v) is 5.35. The van der Waals surface area contributed by atoms with Gasteiger partial charge >= 0.3 is 0 Å². The van der Waals surface area contributed by atoms with Gasteiger partial charge in [-0.25, -0.2) is 0 Å². The van der Waals surface area contributed by atoms with Gasteiger partial charge < -0.3 is 15.1 Å². The highest BCUT2D eigenvalue weighted by Gasteiger charge is 2.26. The number of hydrogen-bond acceptors (Lipinski definition) is 3. The number of benzene rings is 2. The number of fused-ring (bicyclic) bond motifs is 1. The summed E-state index contributed by atoms with van der Waals surface area (Å²) in [5.41, 5.74) is 2.72. The van der Waals surface area contributed by atoms with Crippen LogP contribution >= 0.6 is 0 Å². The van der Waals surface area contributed by atoms with Crippen molar-refractivity contribution in [2.24, 2.45) is 0 Å². The number of para-hydroxylation sites is 1. The smallest absolute Gasteiger partial charge is 0.258 e. The van der Waals surface area contributed by atoms with E-state index in [1.807, 2.05) is 6.07 Å². The largest absolute Gasteiger partial charge is 0.508 e. The van der Waals surface area contributed by atoms with Crippen LogP contribution in [0.3, 0.4) is 0 Å². The molecule has 0 unspecified atom stereocenters. The van der Waals surface area contributed by atoms with Crippen molar-refractivity contribution in [1.29, 1.82) is 0 Å². The van der Waals surface area contributed by atoms with E-state index in [0.717, 1.165) is 24.0 Å². The number of nitrogens with zero attached hydrogens (tertiary/aromatic N) is 1. The van der Waals surface area contributed by atoms with Gasteiger partial charge in [0, 0.05) is 12.1 Å². The molecule has 0 spiro atoms. The van der Waals surface area contributed by atoms with Gasteiger partial charge in [0.05, 0.1) is 5.69 Å². The lowest BCUT2D eigenvalue weighted by atomic mass is 9.99. The number of carbonyl (C=O) groups excluding carboxylic acids is 1. The molecule has 0 radical (unpaired) electrons. The highest BCUT2D eigenvalue weighted by molar-refractivity contribution is 6.07. The minimum Gasteiger partial charge on any atom is -0.508 e. The van der Waals surface area contributed by atoms with Gasteiger partial charge in [-0.05, 0) is 49.1 Å². The topological polar surface area (TPSA) is 60.8 Å². The molecule has 1 aliphatic rings. The van der Waals surface area contributed by atoms with Crippen LogP contribution in [-0.2, 0) is 6.42 Å². The van der Waals surface area contributed by atoms with Crippen molar-refractivity contribution in [3.05, 3.63) is 53.1 Å². The summed E-state index contributed by atoms with van der Waals surface area (Å²) < 4.78 is 0. The van der Waals surface area contributed by atoms with Gasteiger partial charge in [-0.1, -0.05) is 18.2 Å². The molecule has 108 valence electrons. The molecule has 3 rings (SSSR count). The maximum atomic E-state index is 12.7. The van der Waals surface area contributed by atoms with Crippen molar-refractivity contribution >= 4 is 11.6 Å². The number of rotatable bonds is 1. The van der Waals surface area contributed by atoms with E-state index >= 15 is 0 Å². The highest BCUT2D eigenvalue weighted by atomic mass is 16.3. The van der Waals surface area contributed by atoms with E-state index < -0.39 is 0 Å². The predicted molar refractivity (Wildman–Crippen MR) is 80.9 cm³/mol. The Morgan fingerprint density at radius 1 is 1.14 bits per heavy atom. The van der Waals surface area contributed by atoms with Crippen molar-refractivity contribution in [3.63, 3.8) is 0 Å². The number of phenolic OH excluding ortho intramolecular Hbond substituents is 2. The fourth-order valence-corrected chi connectivity index (χ4v) is 2.73. The molecule has 0 aliphatic carbocycles. The second kappa shape index (κ2) is 5.13. The van der Waals surface area contributed by atoms with Crippen molar-refractivity contribution in [2.75, 3.05) is 11.4 Å². The van der Waals surface area contributed by atoms with Gasteiger partial charge in [-0.3, -0.25) is 4.79 Å². The van der Waals surface area contributed by atoms with Crippen LogP contribution in [0.4, 0.5) is 5.69 Å². The Balaban J connectivity index is 2.02. The zero-order chi connectivity index (χ0) is 15.0. The van der Waals surface area contributed by atoms with Crippen molar-refractivity contribution in [2.45, 2.75) is 19.8 Å². The van der Waals surface area contributed by atoms with E-state index in [4.69, 9.17) is 0 Å². The van der Waals surface area contributed by atoms with E-state index in [1.54, 1.807) is 36.1 Å². The molecule has 1 amide bonds. The zero-order valence-corrected chi connectivity index (χ0v) is 11.8. The van der Waals surface area contributed by atoms with Crippen LogP contribution in [0.5, 0.6) is 11.5 Å². The molecule has 2 aromatic carbocycles. The molecule has 4 heteroatoms. The third kappa shape index (κ3) is 2.33. The van der Waals surface area contributed by atoms with Gasteiger partial charge in [-0.2, -0.15) is 0 Å². The minimum absolute atomic E-state index is 0.107. The molecule has 0 aromatic heterocycles. The van der Waals surface area contributed by atoms with Crippen molar-refractivity contribution < 1.29 is 15.0 Å². The Labute approximate surface area is 123 Å². The second-order valence-electron chi connectivity index (χ2n) is 5.35. The summed E-state index contributed by atoms with van der Waals surface area (Å²) in [4.78, 5) is 14.3. The fourth-order valence-electron chi connectivity index (χ4n) is 2.73. The molecule has 1 aliphatic heterocycles. The third-order valence-corrected chi connectivity index (χ3v) is 3.90. The first-order chi connectivity index (χ1) is 10.1. The van der Waals surface area contributed by atoms with Crippen LogP contribution in [-0.4, -0.2) is 22.7 Å². The molecule has 0 saturated heterocycles. The Morgan fingerprint density at radius 3 is 2.71 bits per heavy atom. The van der Waals surface area contributed by atoms with Crippen LogP contribution in [0.25, 0.3) is 0 Å². The average Bonchev–Trinajstić information content (AvgIpc) is 2.49. The molecule has 4 nitrogen and oxygen atoms in total. The van der Waals surface area contributed by atoms with Crippen LogP contribution in [0.15, 0.2) is 36.4 Å². The Morgan fingerprint density at radius 2 is 1.95 bits per heavy atom. The summed E-state index contributed by atoms with van der Waals surface area (Å²) in [6.45, 7) is 2.35. The summed E-state index contributed by atoms with van der Waals surface area (Å²) in [6, 6.07) is 10.2. The quantitative estimate of drug-likeness (QED) is 0.845. The molecule has 0 fully saturated rings. The first-order valence-electron chi connectivity index (χ1n) is 7.00. The highest BCUT2D eigenvalue weighted by Crippen LogP contribution is 2.36. The summed E-state index contributed by atoms with van der Waals surface area (Å²) in [5, 5.41) is 19.9. The van der Waals surface area contributed by atoms with Gasteiger partial charge in [0.1, 0.15) is 11.5 Å². The van der Waals surface area contributed by atoms with E-state index in [-0.39, 0.29) is 17.4 Å². The summed E-state index contributed by atoms with van der Waals surface area (Å²) in [6.07, 6.45) is 1.71. The lowest BCUT2D eigenvalue weighted by molar-refractivity contribution is 0.0984. The zero-order valence-electron chi connectivity index (χ0n) is 11.8. The lowest BCUT2D eigenvalue weighted by Crippen LogP contribution is -2.35. The Hall–Kier alpha value is -2.49. The molecule has 0 atom stereocenters.